The third-order valence-corrected chi connectivity index (χ3v) is 5.95. The molecule has 6 atom stereocenters. The van der Waals surface area contributed by atoms with Gasteiger partial charge in [-0.2, -0.15) is 4.98 Å². The molecule has 4 N–H and O–H groups in total. The first-order valence-electron chi connectivity index (χ1n) is 9.39. The lowest BCUT2D eigenvalue weighted by atomic mass is 9.65. The van der Waals surface area contributed by atoms with Gasteiger partial charge in [-0.05, 0) is 42.6 Å². The molecule has 8 nitrogen and oxygen atoms in total. The predicted octanol–water partition coefficient (Wildman–Crippen LogP) is 0.737. The molecule has 158 valence electrons. The van der Waals surface area contributed by atoms with Crippen LogP contribution in [0.2, 0.25) is 0 Å². The lowest BCUT2D eigenvalue weighted by Crippen LogP contribution is -2.55. The van der Waals surface area contributed by atoms with Crippen LogP contribution >= 0.6 is 12.4 Å². The minimum atomic E-state index is -0.939. The quantitative estimate of drug-likeness (QED) is 0.569. The maximum atomic E-state index is 13.0. The van der Waals surface area contributed by atoms with E-state index in [1.165, 1.54) is 12.1 Å². The smallest absolute Gasteiger partial charge is 0.246 e. The Morgan fingerprint density at radius 2 is 1.93 bits per heavy atom. The second-order valence-electron chi connectivity index (χ2n) is 7.59. The summed E-state index contributed by atoms with van der Waals surface area (Å²) >= 11 is 0. The fraction of sp³-hybridized carbons (Fsp3) is 0.526. The van der Waals surface area contributed by atoms with Crippen molar-refractivity contribution in [2.24, 2.45) is 23.7 Å². The van der Waals surface area contributed by atoms with Crippen molar-refractivity contribution in [2.45, 2.75) is 25.7 Å². The van der Waals surface area contributed by atoms with Crippen LogP contribution in [0.5, 0.6) is 0 Å². The largest absolute Gasteiger partial charge is 0.390 e. The molecule has 0 radical (unpaired) electrons. The molecular weight excluding hydrogens is 403 g/mol. The van der Waals surface area contributed by atoms with Crippen LogP contribution in [-0.4, -0.2) is 51.6 Å². The first kappa shape index (κ1) is 21.6. The van der Waals surface area contributed by atoms with Crippen molar-refractivity contribution in [3.63, 3.8) is 0 Å². The van der Waals surface area contributed by atoms with Gasteiger partial charge in [-0.3, -0.25) is 4.79 Å². The van der Waals surface area contributed by atoms with Crippen molar-refractivity contribution >= 4 is 18.3 Å². The third-order valence-electron chi connectivity index (χ3n) is 5.95. The highest BCUT2D eigenvalue weighted by atomic mass is 35.5. The zero-order chi connectivity index (χ0) is 19.8. The topological polar surface area (TPSA) is 121 Å². The molecule has 1 aliphatic carbocycles. The molecular formula is C19H24ClFN4O4. The van der Waals surface area contributed by atoms with Gasteiger partial charge in [0.25, 0.3) is 0 Å². The van der Waals surface area contributed by atoms with Gasteiger partial charge in [0.05, 0.1) is 18.8 Å². The van der Waals surface area contributed by atoms with E-state index in [4.69, 9.17) is 4.52 Å². The molecule has 0 spiro atoms. The van der Waals surface area contributed by atoms with E-state index in [-0.39, 0.29) is 54.3 Å². The number of hydrogen-bond acceptors (Lipinski definition) is 7. The molecule has 29 heavy (non-hydrogen) atoms. The molecule has 1 saturated carbocycles. The second kappa shape index (κ2) is 8.74. The van der Waals surface area contributed by atoms with E-state index in [1.807, 2.05) is 0 Å². The number of benzene rings is 1. The summed E-state index contributed by atoms with van der Waals surface area (Å²) in [4.78, 5) is 17.1. The van der Waals surface area contributed by atoms with E-state index < -0.39 is 18.1 Å². The normalized spacial score (nSPS) is 31.0. The molecule has 1 amide bonds. The molecule has 1 aromatic heterocycles. The van der Waals surface area contributed by atoms with Gasteiger partial charge in [0.15, 0.2) is 0 Å². The minimum Gasteiger partial charge on any atom is -0.390 e. The maximum Gasteiger partial charge on any atom is 0.246 e. The number of carbonyl (C=O) groups excluding carboxylic acids is 1. The van der Waals surface area contributed by atoms with Gasteiger partial charge in [0, 0.05) is 23.9 Å². The number of amides is 1. The van der Waals surface area contributed by atoms with Crippen molar-refractivity contribution in [3.8, 4) is 11.4 Å². The van der Waals surface area contributed by atoms with Crippen molar-refractivity contribution in [1.82, 2.24) is 20.8 Å². The molecule has 1 aliphatic heterocycles. The van der Waals surface area contributed by atoms with E-state index in [0.717, 1.165) is 0 Å². The fourth-order valence-corrected chi connectivity index (χ4v) is 4.41. The zero-order valence-electron chi connectivity index (χ0n) is 15.8. The molecule has 0 bridgehead atoms. The Kier molecular flexibility index (Phi) is 6.52. The van der Waals surface area contributed by atoms with Crippen molar-refractivity contribution in [2.75, 3.05) is 13.1 Å². The van der Waals surface area contributed by atoms with E-state index in [0.29, 0.717) is 24.5 Å². The average molecular weight is 427 g/mol. The van der Waals surface area contributed by atoms with Crippen molar-refractivity contribution in [1.29, 1.82) is 0 Å². The van der Waals surface area contributed by atoms with Crippen molar-refractivity contribution < 1.29 is 23.9 Å². The third kappa shape index (κ3) is 4.13. The minimum absolute atomic E-state index is 0. The Balaban J connectivity index is 0.00000240. The predicted molar refractivity (Wildman–Crippen MR) is 103 cm³/mol. The molecule has 10 heteroatoms. The Bertz CT molecular complexity index is 849. The van der Waals surface area contributed by atoms with E-state index >= 15 is 0 Å². The number of fused-ring (bicyclic) bond motifs is 1. The molecule has 2 heterocycles. The standard InChI is InChI=1S/C19H23FN4O4.ClH/c1-9-15(12-6-21-7-13(12)17(26)16(9)25)19(27)22-8-14-23-18(24-28-14)10-2-4-11(20)5-3-10;/h2-5,9,12-13,15-17,21,25-26H,6-8H2,1H3,(H,22,27);1H/t9-,12+,13+,15+,16+,17+;/m1./s1. The highest BCUT2D eigenvalue weighted by molar-refractivity contribution is 5.85. The van der Waals surface area contributed by atoms with Crippen LogP contribution in [0.4, 0.5) is 4.39 Å². The van der Waals surface area contributed by atoms with Crippen LogP contribution in [0.3, 0.4) is 0 Å². The lowest BCUT2D eigenvalue weighted by molar-refractivity contribution is -0.146. The summed E-state index contributed by atoms with van der Waals surface area (Å²) in [5.74, 6) is -0.980. The molecule has 1 aromatic carbocycles. The van der Waals surface area contributed by atoms with Gasteiger partial charge in [0.2, 0.25) is 17.6 Å². The Morgan fingerprint density at radius 1 is 1.24 bits per heavy atom. The van der Waals surface area contributed by atoms with E-state index in [9.17, 15) is 19.4 Å². The number of aliphatic hydroxyl groups excluding tert-OH is 2. The fourth-order valence-electron chi connectivity index (χ4n) is 4.41. The van der Waals surface area contributed by atoms with Crippen LogP contribution in [0.15, 0.2) is 28.8 Å². The molecule has 2 aliphatic rings. The number of hydrogen-bond donors (Lipinski definition) is 4. The summed E-state index contributed by atoms with van der Waals surface area (Å²) in [5, 5.41) is 30.5. The van der Waals surface area contributed by atoms with Crippen LogP contribution in [0.25, 0.3) is 11.4 Å². The van der Waals surface area contributed by atoms with Crippen LogP contribution in [0, 0.1) is 29.5 Å². The van der Waals surface area contributed by atoms with Crippen molar-refractivity contribution in [3.05, 3.63) is 36.0 Å². The molecule has 1 saturated heterocycles. The summed E-state index contributed by atoms with van der Waals surface area (Å²) in [6.45, 7) is 3.06. The Labute approximate surface area is 173 Å². The SMILES string of the molecule is C[C@H]1[C@H](O)[C@@H](O)[C@H]2CNC[C@@H]2[C@H]1C(=O)NCc1nc(-c2ccc(F)cc2)no1.Cl. The number of carbonyl (C=O) groups is 1. The van der Waals surface area contributed by atoms with Gasteiger partial charge >= 0.3 is 0 Å². The zero-order valence-corrected chi connectivity index (χ0v) is 16.6. The van der Waals surface area contributed by atoms with Crippen LogP contribution < -0.4 is 10.6 Å². The van der Waals surface area contributed by atoms with Gasteiger partial charge in [-0.1, -0.05) is 12.1 Å². The monoisotopic (exact) mass is 426 g/mol. The average Bonchev–Trinajstić information content (AvgIpc) is 3.35. The summed E-state index contributed by atoms with van der Waals surface area (Å²) in [7, 11) is 0. The number of aromatic nitrogens is 2. The van der Waals surface area contributed by atoms with E-state index in [2.05, 4.69) is 20.8 Å². The number of rotatable bonds is 4. The van der Waals surface area contributed by atoms with Crippen LogP contribution in [-0.2, 0) is 11.3 Å². The lowest BCUT2D eigenvalue weighted by Gasteiger charge is -2.43. The highest BCUT2D eigenvalue weighted by Gasteiger charge is 2.52. The van der Waals surface area contributed by atoms with Gasteiger partial charge in [-0.25, -0.2) is 4.39 Å². The van der Waals surface area contributed by atoms with Gasteiger partial charge in [0.1, 0.15) is 5.82 Å². The summed E-state index contributed by atoms with van der Waals surface area (Å²) in [6, 6.07) is 5.71. The summed E-state index contributed by atoms with van der Waals surface area (Å²) in [6.07, 6.45) is -1.77. The Morgan fingerprint density at radius 3 is 2.66 bits per heavy atom. The summed E-state index contributed by atoms with van der Waals surface area (Å²) in [5.41, 5.74) is 0.612. The Hall–Kier alpha value is -2.07. The molecule has 2 aromatic rings. The van der Waals surface area contributed by atoms with Gasteiger partial charge in [-0.15, -0.1) is 12.4 Å². The molecule has 4 rings (SSSR count). The maximum absolute atomic E-state index is 13.0. The second-order valence-corrected chi connectivity index (χ2v) is 7.59. The molecule has 0 unspecified atom stereocenters. The van der Waals surface area contributed by atoms with Gasteiger partial charge < -0.3 is 25.4 Å². The number of nitrogens with zero attached hydrogens (tertiary/aromatic N) is 2. The first-order chi connectivity index (χ1) is 13.5. The number of nitrogens with one attached hydrogen (secondary N) is 2. The molecule has 2 fully saturated rings. The first-order valence-corrected chi connectivity index (χ1v) is 9.39. The van der Waals surface area contributed by atoms with Crippen LogP contribution in [0.1, 0.15) is 12.8 Å². The summed E-state index contributed by atoms with van der Waals surface area (Å²) < 4.78 is 18.2. The number of halogens is 2. The highest BCUT2D eigenvalue weighted by Crippen LogP contribution is 2.41. The van der Waals surface area contributed by atoms with E-state index in [1.54, 1.807) is 19.1 Å². The number of aliphatic hydroxyl groups is 2.